The van der Waals surface area contributed by atoms with Crippen LogP contribution in [0.25, 0.3) is 0 Å². The van der Waals surface area contributed by atoms with Crippen molar-refractivity contribution in [2.45, 2.75) is 20.4 Å². The quantitative estimate of drug-likeness (QED) is 0.848. The molecular weight excluding hydrogens is 260 g/mol. The van der Waals surface area contributed by atoms with Gasteiger partial charge in [-0.2, -0.15) is 0 Å². The number of nitrogens with zero attached hydrogens (tertiary/aromatic N) is 1. The lowest BCUT2D eigenvalue weighted by Crippen LogP contribution is -2.34. The van der Waals surface area contributed by atoms with Gasteiger partial charge in [0.25, 0.3) is 5.56 Å². The lowest BCUT2D eigenvalue weighted by atomic mass is 10.3. The first-order chi connectivity index (χ1) is 7.97. The van der Waals surface area contributed by atoms with Crippen LogP contribution in [0.3, 0.4) is 0 Å². The van der Waals surface area contributed by atoms with Gasteiger partial charge in [0.1, 0.15) is 5.15 Å². The van der Waals surface area contributed by atoms with Crippen LogP contribution in [-0.2, 0) is 6.54 Å². The van der Waals surface area contributed by atoms with Crippen LogP contribution >= 0.6 is 22.9 Å². The standard InChI is InChI=1S/C11H11ClN2O2S/c1-6-3-8(17-7(6)2)5-14-10(15)4-9(12)13-11(14)16/h3-4H,5H2,1-2H3,(H,13,16). The van der Waals surface area contributed by atoms with E-state index in [0.717, 1.165) is 9.44 Å². The molecule has 1 N–H and O–H groups in total. The van der Waals surface area contributed by atoms with Crippen LogP contribution in [0.2, 0.25) is 5.15 Å². The van der Waals surface area contributed by atoms with E-state index in [1.165, 1.54) is 16.5 Å². The topological polar surface area (TPSA) is 54.9 Å². The third-order valence-electron chi connectivity index (χ3n) is 2.52. The highest BCUT2D eigenvalue weighted by Gasteiger charge is 2.07. The minimum atomic E-state index is -0.480. The summed E-state index contributed by atoms with van der Waals surface area (Å²) >= 11 is 7.17. The Morgan fingerprint density at radius 3 is 2.59 bits per heavy atom. The molecule has 0 saturated carbocycles. The molecule has 17 heavy (non-hydrogen) atoms. The fraction of sp³-hybridized carbons (Fsp3) is 0.273. The first-order valence-corrected chi connectivity index (χ1v) is 6.22. The van der Waals surface area contributed by atoms with E-state index in [-0.39, 0.29) is 17.3 Å². The van der Waals surface area contributed by atoms with Gasteiger partial charge in [0.2, 0.25) is 0 Å². The molecule has 0 unspecified atom stereocenters. The molecule has 6 heteroatoms. The number of H-pyrrole nitrogens is 1. The predicted molar refractivity (Wildman–Crippen MR) is 69.2 cm³/mol. The Kier molecular flexibility index (Phi) is 3.22. The van der Waals surface area contributed by atoms with Gasteiger partial charge in [0.15, 0.2) is 0 Å². The first kappa shape index (κ1) is 12.1. The predicted octanol–water partition coefficient (Wildman–Crippen LogP) is 1.92. The average Bonchev–Trinajstić information content (AvgIpc) is 2.52. The van der Waals surface area contributed by atoms with Crippen LogP contribution in [0.5, 0.6) is 0 Å². The summed E-state index contributed by atoms with van der Waals surface area (Å²) in [5.74, 6) is 0. The summed E-state index contributed by atoms with van der Waals surface area (Å²) in [5.41, 5.74) is 0.303. The van der Waals surface area contributed by atoms with Gasteiger partial charge in [0, 0.05) is 15.8 Å². The van der Waals surface area contributed by atoms with E-state index in [1.54, 1.807) is 11.3 Å². The van der Waals surface area contributed by atoms with Crippen molar-refractivity contribution >= 4 is 22.9 Å². The van der Waals surface area contributed by atoms with Crippen molar-refractivity contribution in [2.75, 3.05) is 0 Å². The monoisotopic (exact) mass is 270 g/mol. The molecule has 2 aromatic rings. The van der Waals surface area contributed by atoms with Gasteiger partial charge in [-0.1, -0.05) is 11.6 Å². The van der Waals surface area contributed by atoms with Gasteiger partial charge in [0.05, 0.1) is 6.54 Å². The highest BCUT2D eigenvalue weighted by molar-refractivity contribution is 7.12. The highest BCUT2D eigenvalue weighted by Crippen LogP contribution is 2.20. The van der Waals surface area contributed by atoms with Crippen LogP contribution in [0, 0.1) is 13.8 Å². The van der Waals surface area contributed by atoms with E-state index in [2.05, 4.69) is 4.98 Å². The molecule has 0 aliphatic heterocycles. The van der Waals surface area contributed by atoms with Crippen LogP contribution < -0.4 is 11.2 Å². The molecule has 0 bridgehead atoms. The van der Waals surface area contributed by atoms with Crippen molar-refractivity contribution in [3.05, 3.63) is 53.4 Å². The second-order valence-electron chi connectivity index (χ2n) is 3.80. The molecule has 2 rings (SSSR count). The molecule has 0 aliphatic rings. The number of nitrogens with one attached hydrogen (secondary N) is 1. The van der Waals surface area contributed by atoms with Crippen LogP contribution in [0.15, 0.2) is 21.7 Å². The summed E-state index contributed by atoms with van der Waals surface area (Å²) in [4.78, 5) is 27.8. The fourth-order valence-corrected chi connectivity index (χ4v) is 2.74. The van der Waals surface area contributed by atoms with Crippen molar-refractivity contribution in [1.29, 1.82) is 0 Å². The van der Waals surface area contributed by atoms with Crippen molar-refractivity contribution in [3.8, 4) is 0 Å². The summed E-state index contributed by atoms with van der Waals surface area (Å²) in [6.45, 7) is 4.30. The van der Waals surface area contributed by atoms with Crippen LogP contribution in [-0.4, -0.2) is 9.55 Å². The fourth-order valence-electron chi connectivity index (χ4n) is 1.53. The van der Waals surface area contributed by atoms with E-state index < -0.39 is 5.69 Å². The second-order valence-corrected chi connectivity index (χ2v) is 5.55. The van der Waals surface area contributed by atoms with Crippen LogP contribution in [0.1, 0.15) is 15.3 Å². The minimum Gasteiger partial charge on any atom is -0.298 e. The van der Waals surface area contributed by atoms with Crippen molar-refractivity contribution < 1.29 is 0 Å². The van der Waals surface area contributed by atoms with Gasteiger partial charge in [-0.25, -0.2) is 4.79 Å². The zero-order chi connectivity index (χ0) is 12.6. The van der Waals surface area contributed by atoms with Crippen LogP contribution in [0.4, 0.5) is 0 Å². The molecular formula is C11H11ClN2O2S. The van der Waals surface area contributed by atoms with Gasteiger partial charge in [-0.15, -0.1) is 11.3 Å². The molecule has 0 fully saturated rings. The smallest absolute Gasteiger partial charge is 0.298 e. The molecule has 0 radical (unpaired) electrons. The number of hydrogen-bond acceptors (Lipinski definition) is 3. The molecule has 0 aliphatic carbocycles. The van der Waals surface area contributed by atoms with Gasteiger partial charge < -0.3 is 0 Å². The molecule has 0 saturated heterocycles. The largest absolute Gasteiger partial charge is 0.329 e. The Bertz CT molecular complexity index is 618. The average molecular weight is 271 g/mol. The first-order valence-electron chi connectivity index (χ1n) is 5.03. The van der Waals surface area contributed by atoms with Gasteiger partial charge in [-0.05, 0) is 25.5 Å². The lowest BCUT2D eigenvalue weighted by Gasteiger charge is -2.01. The number of hydrogen-bond donors (Lipinski definition) is 1. The Morgan fingerprint density at radius 1 is 1.35 bits per heavy atom. The Balaban J connectivity index is 2.43. The summed E-state index contributed by atoms with van der Waals surface area (Å²) in [7, 11) is 0. The molecule has 2 aromatic heterocycles. The van der Waals surface area contributed by atoms with Crippen molar-refractivity contribution in [3.63, 3.8) is 0 Å². The number of rotatable bonds is 2. The molecule has 0 atom stereocenters. The number of halogens is 1. The van der Waals surface area contributed by atoms with E-state index in [0.29, 0.717) is 0 Å². The Morgan fingerprint density at radius 2 is 2.06 bits per heavy atom. The Labute approximate surface area is 106 Å². The van der Waals surface area contributed by atoms with E-state index in [1.807, 2.05) is 19.9 Å². The van der Waals surface area contributed by atoms with E-state index in [4.69, 9.17) is 11.6 Å². The molecule has 0 amide bonds. The van der Waals surface area contributed by atoms with Gasteiger partial charge in [-0.3, -0.25) is 14.3 Å². The normalized spacial score (nSPS) is 10.8. The van der Waals surface area contributed by atoms with E-state index >= 15 is 0 Å². The lowest BCUT2D eigenvalue weighted by molar-refractivity contribution is 0.706. The Hall–Kier alpha value is -1.33. The summed E-state index contributed by atoms with van der Waals surface area (Å²) in [6.07, 6.45) is 0. The summed E-state index contributed by atoms with van der Waals surface area (Å²) in [6, 6.07) is 3.19. The third-order valence-corrected chi connectivity index (χ3v) is 3.86. The van der Waals surface area contributed by atoms with Crippen molar-refractivity contribution in [1.82, 2.24) is 9.55 Å². The zero-order valence-corrected chi connectivity index (χ0v) is 11.0. The van der Waals surface area contributed by atoms with E-state index in [9.17, 15) is 9.59 Å². The highest BCUT2D eigenvalue weighted by atomic mass is 35.5. The number of aromatic nitrogens is 2. The molecule has 2 heterocycles. The van der Waals surface area contributed by atoms with Gasteiger partial charge >= 0.3 is 5.69 Å². The number of aromatic amines is 1. The minimum absolute atomic E-state index is 0.0646. The summed E-state index contributed by atoms with van der Waals surface area (Å²) in [5, 5.41) is 0.0646. The zero-order valence-electron chi connectivity index (χ0n) is 9.41. The molecule has 0 spiro atoms. The SMILES string of the molecule is Cc1cc(Cn2c(=O)cc(Cl)[nH]c2=O)sc1C. The maximum Gasteiger partial charge on any atom is 0.329 e. The second kappa shape index (κ2) is 4.50. The van der Waals surface area contributed by atoms with Crippen molar-refractivity contribution in [2.24, 2.45) is 0 Å². The summed E-state index contributed by atoms with van der Waals surface area (Å²) < 4.78 is 1.14. The molecule has 90 valence electrons. The third kappa shape index (κ3) is 2.50. The molecule has 4 nitrogen and oxygen atoms in total. The maximum absolute atomic E-state index is 11.6. The maximum atomic E-state index is 11.6. The number of thiophene rings is 1. The molecule has 0 aromatic carbocycles. The number of aryl methyl sites for hydroxylation is 2.